The van der Waals surface area contributed by atoms with E-state index < -0.39 is 0 Å². The highest BCUT2D eigenvalue weighted by Gasteiger charge is 2.40. The SMILES string of the molecule is N#C[C@@H]1CSCN1C(=O)[C@H]1CCCN1C(=O)CCCC1Cc2ccccc2C1. The lowest BCUT2D eigenvalue weighted by Gasteiger charge is -2.29. The van der Waals surface area contributed by atoms with Crippen molar-refractivity contribution in [2.24, 2.45) is 5.92 Å². The van der Waals surface area contributed by atoms with E-state index >= 15 is 0 Å². The molecular weight excluding hydrogens is 370 g/mol. The summed E-state index contributed by atoms with van der Waals surface area (Å²) in [6.07, 6.45) is 6.31. The van der Waals surface area contributed by atoms with Gasteiger partial charge >= 0.3 is 0 Å². The van der Waals surface area contributed by atoms with Crippen LogP contribution >= 0.6 is 11.8 Å². The Bertz CT molecular complexity index is 765. The van der Waals surface area contributed by atoms with Gasteiger partial charge in [-0.05, 0) is 55.6 Å². The van der Waals surface area contributed by atoms with E-state index in [0.717, 1.165) is 38.5 Å². The van der Waals surface area contributed by atoms with E-state index in [1.807, 2.05) is 0 Å². The maximum absolute atomic E-state index is 12.9. The Morgan fingerprint density at radius 1 is 1.18 bits per heavy atom. The van der Waals surface area contributed by atoms with Crippen molar-refractivity contribution in [3.8, 4) is 6.07 Å². The molecule has 1 aromatic rings. The molecule has 2 atom stereocenters. The number of fused-ring (bicyclic) bond motifs is 1. The van der Waals surface area contributed by atoms with Crippen LogP contribution in [0.2, 0.25) is 0 Å². The third kappa shape index (κ3) is 3.91. The Morgan fingerprint density at radius 2 is 1.93 bits per heavy atom. The zero-order valence-corrected chi connectivity index (χ0v) is 17.0. The van der Waals surface area contributed by atoms with Crippen LogP contribution in [0.1, 0.15) is 43.2 Å². The number of hydrogen-bond acceptors (Lipinski definition) is 4. The Labute approximate surface area is 171 Å². The first-order chi connectivity index (χ1) is 13.7. The highest BCUT2D eigenvalue weighted by molar-refractivity contribution is 7.99. The van der Waals surface area contributed by atoms with Crippen LogP contribution in [0, 0.1) is 17.2 Å². The summed E-state index contributed by atoms with van der Waals surface area (Å²) in [4.78, 5) is 29.2. The van der Waals surface area contributed by atoms with Gasteiger partial charge in [0.05, 0.1) is 11.9 Å². The predicted molar refractivity (Wildman–Crippen MR) is 109 cm³/mol. The van der Waals surface area contributed by atoms with Crippen molar-refractivity contribution in [2.75, 3.05) is 18.2 Å². The lowest BCUT2D eigenvalue weighted by molar-refractivity contribution is -0.143. The molecule has 2 heterocycles. The summed E-state index contributed by atoms with van der Waals surface area (Å²) in [6.45, 7) is 0.669. The molecule has 0 radical (unpaired) electrons. The molecule has 0 aromatic heterocycles. The number of benzene rings is 1. The summed E-state index contributed by atoms with van der Waals surface area (Å²) in [5.74, 6) is 1.95. The number of thioether (sulfide) groups is 1. The van der Waals surface area contributed by atoms with E-state index in [9.17, 15) is 14.9 Å². The zero-order valence-electron chi connectivity index (χ0n) is 16.2. The standard InChI is InChI=1S/C22H27N3O2S/c23-13-19-14-28-15-25(19)22(27)20-8-4-10-24(20)21(26)9-3-5-16-11-17-6-1-2-7-18(17)12-16/h1-2,6-7,16,19-20H,3-5,8-12,14-15H2/t19-,20-/m1/s1. The van der Waals surface area contributed by atoms with Crippen LogP contribution in [0.5, 0.6) is 0 Å². The monoisotopic (exact) mass is 397 g/mol. The lowest BCUT2D eigenvalue weighted by Crippen LogP contribution is -2.49. The van der Waals surface area contributed by atoms with Gasteiger partial charge in [0.25, 0.3) is 0 Å². The van der Waals surface area contributed by atoms with Gasteiger partial charge in [-0.3, -0.25) is 9.59 Å². The van der Waals surface area contributed by atoms with Crippen molar-refractivity contribution in [3.63, 3.8) is 0 Å². The number of rotatable bonds is 5. The fourth-order valence-corrected chi connectivity index (χ4v) is 5.91. The average molecular weight is 398 g/mol. The van der Waals surface area contributed by atoms with Gasteiger partial charge in [0.1, 0.15) is 12.1 Å². The fourth-order valence-electron chi connectivity index (χ4n) is 4.82. The first kappa shape index (κ1) is 19.3. The second-order valence-corrected chi connectivity index (χ2v) is 9.13. The maximum Gasteiger partial charge on any atom is 0.247 e. The lowest BCUT2D eigenvalue weighted by atomic mass is 9.98. The van der Waals surface area contributed by atoms with Crippen molar-refractivity contribution in [3.05, 3.63) is 35.4 Å². The van der Waals surface area contributed by atoms with Crippen molar-refractivity contribution < 1.29 is 9.59 Å². The molecule has 2 amide bonds. The molecule has 2 fully saturated rings. The van der Waals surface area contributed by atoms with E-state index in [1.165, 1.54) is 11.1 Å². The van der Waals surface area contributed by atoms with E-state index in [4.69, 9.17) is 0 Å². The van der Waals surface area contributed by atoms with Crippen LogP contribution in [0.25, 0.3) is 0 Å². The quantitative estimate of drug-likeness (QED) is 0.766. The molecule has 0 saturated carbocycles. The summed E-state index contributed by atoms with van der Waals surface area (Å²) in [5.41, 5.74) is 2.92. The number of amides is 2. The van der Waals surface area contributed by atoms with Gasteiger partial charge in [-0.2, -0.15) is 5.26 Å². The summed E-state index contributed by atoms with van der Waals surface area (Å²) >= 11 is 1.61. The molecule has 5 nitrogen and oxygen atoms in total. The molecule has 3 aliphatic rings. The Balaban J connectivity index is 1.27. The molecule has 28 heavy (non-hydrogen) atoms. The minimum Gasteiger partial charge on any atom is -0.331 e. The highest BCUT2D eigenvalue weighted by atomic mass is 32.2. The summed E-state index contributed by atoms with van der Waals surface area (Å²) in [7, 11) is 0. The molecule has 6 heteroatoms. The molecule has 2 aliphatic heterocycles. The highest BCUT2D eigenvalue weighted by Crippen LogP contribution is 2.30. The van der Waals surface area contributed by atoms with Crippen LogP contribution in [0.3, 0.4) is 0 Å². The molecule has 0 unspecified atom stereocenters. The number of carbonyl (C=O) groups is 2. The van der Waals surface area contributed by atoms with Gasteiger partial charge in [0, 0.05) is 18.7 Å². The number of nitriles is 1. The third-order valence-corrected chi connectivity index (χ3v) is 7.32. The predicted octanol–water partition coefficient (Wildman–Crippen LogP) is 2.99. The van der Waals surface area contributed by atoms with E-state index in [0.29, 0.717) is 30.5 Å². The van der Waals surface area contributed by atoms with Crippen LogP contribution in [-0.2, 0) is 22.4 Å². The number of hydrogen-bond donors (Lipinski definition) is 0. The van der Waals surface area contributed by atoms with Crippen LogP contribution in [-0.4, -0.2) is 51.9 Å². The molecule has 0 N–H and O–H groups in total. The van der Waals surface area contributed by atoms with Crippen molar-refractivity contribution in [2.45, 2.75) is 57.0 Å². The van der Waals surface area contributed by atoms with Crippen LogP contribution in [0.4, 0.5) is 0 Å². The van der Waals surface area contributed by atoms with Crippen LogP contribution < -0.4 is 0 Å². The first-order valence-corrected chi connectivity index (χ1v) is 11.5. The van der Waals surface area contributed by atoms with Gasteiger partial charge in [0.2, 0.25) is 11.8 Å². The largest absolute Gasteiger partial charge is 0.331 e. The topological polar surface area (TPSA) is 64.4 Å². The van der Waals surface area contributed by atoms with Crippen molar-refractivity contribution >= 4 is 23.6 Å². The Hall–Kier alpha value is -2.00. The number of likely N-dealkylation sites (tertiary alicyclic amines) is 1. The van der Waals surface area contributed by atoms with Crippen molar-refractivity contribution in [1.29, 1.82) is 5.26 Å². The van der Waals surface area contributed by atoms with Crippen LogP contribution in [0.15, 0.2) is 24.3 Å². The molecule has 148 valence electrons. The normalized spacial score (nSPS) is 24.4. The minimum absolute atomic E-state index is 0.0337. The first-order valence-electron chi connectivity index (χ1n) is 10.3. The van der Waals surface area contributed by atoms with E-state index in [-0.39, 0.29) is 23.9 Å². The van der Waals surface area contributed by atoms with E-state index in [2.05, 4.69) is 30.3 Å². The second-order valence-electron chi connectivity index (χ2n) is 8.13. The average Bonchev–Trinajstić information content (AvgIpc) is 3.45. The summed E-state index contributed by atoms with van der Waals surface area (Å²) < 4.78 is 0. The van der Waals surface area contributed by atoms with E-state index in [1.54, 1.807) is 21.6 Å². The van der Waals surface area contributed by atoms with Gasteiger partial charge in [-0.15, -0.1) is 11.8 Å². The van der Waals surface area contributed by atoms with Gasteiger partial charge in [0.15, 0.2) is 0 Å². The third-order valence-electron chi connectivity index (χ3n) is 6.31. The Morgan fingerprint density at radius 3 is 2.64 bits per heavy atom. The molecule has 4 rings (SSSR count). The van der Waals surface area contributed by atoms with Gasteiger partial charge < -0.3 is 9.80 Å². The molecule has 2 saturated heterocycles. The van der Waals surface area contributed by atoms with Gasteiger partial charge in [-0.25, -0.2) is 0 Å². The molecule has 0 bridgehead atoms. The molecule has 0 spiro atoms. The molecule has 1 aliphatic carbocycles. The summed E-state index contributed by atoms with van der Waals surface area (Å²) in [5, 5.41) is 9.25. The fraction of sp³-hybridized carbons (Fsp3) is 0.591. The Kier molecular flexibility index (Phi) is 5.91. The molecule has 1 aromatic carbocycles. The smallest absolute Gasteiger partial charge is 0.247 e. The summed E-state index contributed by atoms with van der Waals surface area (Å²) in [6, 6.07) is 10.1. The van der Waals surface area contributed by atoms with Crippen molar-refractivity contribution in [1.82, 2.24) is 9.80 Å². The number of nitrogens with zero attached hydrogens (tertiary/aromatic N) is 3. The number of carbonyl (C=O) groups excluding carboxylic acids is 2. The maximum atomic E-state index is 12.9. The minimum atomic E-state index is -0.363. The second kappa shape index (κ2) is 8.57. The zero-order chi connectivity index (χ0) is 19.5. The molecular formula is C22H27N3O2S. The van der Waals surface area contributed by atoms with Gasteiger partial charge in [-0.1, -0.05) is 24.3 Å².